The molecule has 76 valence electrons. The molecule has 5 heteroatoms. The van der Waals surface area contributed by atoms with Gasteiger partial charge in [0.1, 0.15) is 11.9 Å². The van der Waals surface area contributed by atoms with Gasteiger partial charge in [0.2, 0.25) is 0 Å². The Morgan fingerprint density at radius 1 is 1.64 bits per heavy atom. The van der Waals surface area contributed by atoms with Crippen LogP contribution in [0.4, 0.5) is 10.1 Å². The van der Waals surface area contributed by atoms with Gasteiger partial charge in [0.25, 0.3) is 0 Å². The molecule has 0 spiro atoms. The SMILES string of the molecule is C[C@@H](Nc1ccc(Br)cc1F)C(=O)O. The highest BCUT2D eigenvalue weighted by Crippen LogP contribution is 2.19. The van der Waals surface area contributed by atoms with E-state index in [1.165, 1.54) is 19.1 Å². The molecule has 2 N–H and O–H groups in total. The van der Waals surface area contributed by atoms with Crippen LogP contribution in [0.25, 0.3) is 0 Å². The summed E-state index contributed by atoms with van der Waals surface area (Å²) in [6.07, 6.45) is 0. The normalized spacial score (nSPS) is 12.2. The molecular weight excluding hydrogens is 253 g/mol. The maximum absolute atomic E-state index is 13.2. The van der Waals surface area contributed by atoms with Gasteiger partial charge < -0.3 is 10.4 Å². The maximum atomic E-state index is 13.2. The van der Waals surface area contributed by atoms with Gasteiger partial charge in [-0.1, -0.05) is 15.9 Å². The van der Waals surface area contributed by atoms with Crippen molar-refractivity contribution in [1.82, 2.24) is 0 Å². The van der Waals surface area contributed by atoms with Gasteiger partial charge in [0, 0.05) is 4.47 Å². The van der Waals surface area contributed by atoms with Gasteiger partial charge in [-0.3, -0.25) is 4.79 Å². The van der Waals surface area contributed by atoms with Crippen LogP contribution >= 0.6 is 15.9 Å². The van der Waals surface area contributed by atoms with E-state index >= 15 is 0 Å². The predicted molar refractivity (Wildman–Crippen MR) is 54.8 cm³/mol. The second kappa shape index (κ2) is 4.41. The molecule has 3 nitrogen and oxygen atoms in total. The lowest BCUT2D eigenvalue weighted by atomic mass is 10.2. The topological polar surface area (TPSA) is 49.3 Å². The third-order valence-corrected chi connectivity index (χ3v) is 2.17. The third kappa shape index (κ3) is 2.70. The van der Waals surface area contributed by atoms with E-state index in [4.69, 9.17) is 5.11 Å². The first-order valence-electron chi connectivity index (χ1n) is 3.95. The van der Waals surface area contributed by atoms with Crippen molar-refractivity contribution in [2.45, 2.75) is 13.0 Å². The molecule has 1 aromatic rings. The molecule has 0 fully saturated rings. The second-order valence-electron chi connectivity index (χ2n) is 2.83. The minimum Gasteiger partial charge on any atom is -0.480 e. The molecule has 0 radical (unpaired) electrons. The quantitative estimate of drug-likeness (QED) is 0.879. The van der Waals surface area contributed by atoms with Crippen molar-refractivity contribution < 1.29 is 14.3 Å². The van der Waals surface area contributed by atoms with Crippen LogP contribution in [0.5, 0.6) is 0 Å². The number of hydrogen-bond donors (Lipinski definition) is 2. The van der Waals surface area contributed by atoms with E-state index in [1.54, 1.807) is 6.07 Å². The van der Waals surface area contributed by atoms with Crippen LogP contribution in [0.15, 0.2) is 22.7 Å². The van der Waals surface area contributed by atoms with Gasteiger partial charge in [-0.2, -0.15) is 0 Å². The first-order valence-corrected chi connectivity index (χ1v) is 4.74. The Morgan fingerprint density at radius 2 is 2.29 bits per heavy atom. The van der Waals surface area contributed by atoms with Gasteiger partial charge in [-0.25, -0.2) is 4.39 Å². The zero-order chi connectivity index (χ0) is 10.7. The summed E-state index contributed by atoms with van der Waals surface area (Å²) in [6.45, 7) is 1.45. The predicted octanol–water partition coefficient (Wildman–Crippen LogP) is 2.47. The molecule has 0 aliphatic heterocycles. The highest BCUT2D eigenvalue weighted by molar-refractivity contribution is 9.10. The number of benzene rings is 1. The Balaban J connectivity index is 2.82. The standard InChI is InChI=1S/C9H9BrFNO2/c1-5(9(13)14)12-8-3-2-6(10)4-7(8)11/h2-5,12H,1H3,(H,13,14)/t5-/m1/s1. The van der Waals surface area contributed by atoms with Gasteiger partial charge >= 0.3 is 5.97 Å². The Hall–Kier alpha value is -1.10. The number of carbonyl (C=O) groups is 1. The molecule has 1 rings (SSSR count). The summed E-state index contributed by atoms with van der Waals surface area (Å²) in [5.41, 5.74) is 0.183. The van der Waals surface area contributed by atoms with Gasteiger partial charge in [-0.05, 0) is 25.1 Å². The molecule has 1 aromatic carbocycles. The van der Waals surface area contributed by atoms with Gasteiger partial charge in [0.15, 0.2) is 0 Å². The van der Waals surface area contributed by atoms with Crippen molar-refractivity contribution in [3.8, 4) is 0 Å². The average molecular weight is 262 g/mol. The van der Waals surface area contributed by atoms with Crippen molar-refractivity contribution >= 4 is 27.6 Å². The van der Waals surface area contributed by atoms with Crippen molar-refractivity contribution in [3.63, 3.8) is 0 Å². The van der Waals surface area contributed by atoms with Crippen LogP contribution in [0.2, 0.25) is 0 Å². The van der Waals surface area contributed by atoms with E-state index in [2.05, 4.69) is 21.2 Å². The van der Waals surface area contributed by atoms with Crippen molar-refractivity contribution in [2.75, 3.05) is 5.32 Å². The lowest BCUT2D eigenvalue weighted by Gasteiger charge is -2.11. The lowest BCUT2D eigenvalue weighted by molar-refractivity contribution is -0.137. The number of carboxylic acids is 1. The molecule has 0 amide bonds. The fraction of sp³-hybridized carbons (Fsp3) is 0.222. The third-order valence-electron chi connectivity index (χ3n) is 1.67. The highest BCUT2D eigenvalue weighted by atomic mass is 79.9. The van der Waals surface area contributed by atoms with E-state index in [0.717, 1.165) is 0 Å². The summed E-state index contributed by atoms with van der Waals surface area (Å²) in [4.78, 5) is 10.5. The molecule has 0 aliphatic rings. The van der Waals surface area contributed by atoms with Crippen molar-refractivity contribution in [1.29, 1.82) is 0 Å². The molecule has 0 unspecified atom stereocenters. The van der Waals surface area contributed by atoms with Crippen molar-refractivity contribution in [2.24, 2.45) is 0 Å². The minimum absolute atomic E-state index is 0.183. The number of hydrogen-bond acceptors (Lipinski definition) is 2. The van der Waals surface area contributed by atoms with Crippen LogP contribution in [0, 0.1) is 5.82 Å². The molecule has 14 heavy (non-hydrogen) atoms. The Kier molecular flexibility index (Phi) is 3.46. The van der Waals surface area contributed by atoms with Crippen LogP contribution < -0.4 is 5.32 Å². The first kappa shape index (κ1) is 11.0. The number of aliphatic carboxylic acids is 1. The number of halogens is 2. The molecule has 0 heterocycles. The number of carboxylic acid groups (broad SMARTS) is 1. The van der Waals surface area contributed by atoms with Gasteiger partial charge in [-0.15, -0.1) is 0 Å². The number of rotatable bonds is 3. The van der Waals surface area contributed by atoms with E-state index in [1.807, 2.05) is 0 Å². The lowest BCUT2D eigenvalue weighted by Crippen LogP contribution is -2.25. The molecule has 0 saturated carbocycles. The number of anilines is 1. The molecule has 0 saturated heterocycles. The van der Waals surface area contributed by atoms with Gasteiger partial charge in [0.05, 0.1) is 5.69 Å². The fourth-order valence-electron chi connectivity index (χ4n) is 0.902. The first-order chi connectivity index (χ1) is 6.50. The zero-order valence-corrected chi connectivity index (χ0v) is 9.01. The Morgan fingerprint density at radius 3 is 2.79 bits per heavy atom. The van der Waals surface area contributed by atoms with Crippen LogP contribution in [0.1, 0.15) is 6.92 Å². The molecular formula is C9H9BrFNO2. The maximum Gasteiger partial charge on any atom is 0.325 e. The summed E-state index contributed by atoms with van der Waals surface area (Å²) in [5.74, 6) is -1.50. The van der Waals surface area contributed by atoms with E-state index in [0.29, 0.717) is 4.47 Å². The van der Waals surface area contributed by atoms with Crippen LogP contribution in [-0.4, -0.2) is 17.1 Å². The summed E-state index contributed by atoms with van der Waals surface area (Å²) in [6, 6.07) is 3.58. The van der Waals surface area contributed by atoms with E-state index < -0.39 is 17.8 Å². The van der Waals surface area contributed by atoms with E-state index in [9.17, 15) is 9.18 Å². The molecule has 0 aliphatic carbocycles. The minimum atomic E-state index is -1.02. The largest absolute Gasteiger partial charge is 0.480 e. The molecule has 0 bridgehead atoms. The molecule has 1 atom stereocenters. The van der Waals surface area contributed by atoms with Crippen LogP contribution in [0.3, 0.4) is 0 Å². The average Bonchev–Trinajstić information content (AvgIpc) is 2.09. The fourth-order valence-corrected chi connectivity index (χ4v) is 1.23. The monoisotopic (exact) mass is 261 g/mol. The van der Waals surface area contributed by atoms with E-state index in [-0.39, 0.29) is 5.69 Å². The highest BCUT2D eigenvalue weighted by Gasteiger charge is 2.12. The smallest absolute Gasteiger partial charge is 0.325 e. The summed E-state index contributed by atoms with van der Waals surface area (Å²) < 4.78 is 13.8. The Labute approximate surface area is 89.1 Å². The summed E-state index contributed by atoms with van der Waals surface area (Å²) in [7, 11) is 0. The zero-order valence-electron chi connectivity index (χ0n) is 7.42. The van der Waals surface area contributed by atoms with Crippen LogP contribution in [-0.2, 0) is 4.79 Å². The summed E-state index contributed by atoms with van der Waals surface area (Å²) >= 11 is 3.11. The Bertz CT molecular complexity index is 357. The second-order valence-corrected chi connectivity index (χ2v) is 3.74. The van der Waals surface area contributed by atoms with Crippen molar-refractivity contribution in [3.05, 3.63) is 28.5 Å². The summed E-state index contributed by atoms with van der Waals surface area (Å²) in [5, 5.41) is 11.1. The number of nitrogens with one attached hydrogen (secondary N) is 1. The molecule has 0 aromatic heterocycles.